The Morgan fingerprint density at radius 3 is 2.56 bits per heavy atom. The van der Waals surface area contributed by atoms with Gasteiger partial charge in [0.1, 0.15) is 5.82 Å². The Kier molecular flexibility index (Phi) is 3.52. The van der Waals surface area contributed by atoms with Crippen molar-refractivity contribution in [1.29, 1.82) is 0 Å². The maximum absolute atomic E-state index is 12.1. The monoisotopic (exact) mass is 248 g/mol. The van der Waals surface area contributed by atoms with Crippen LogP contribution in [0.3, 0.4) is 0 Å². The number of pyridine rings is 1. The SMILES string of the molecule is CN(C)c1ccc(NC(=O)C2(N)CCCC2)cn1. The third-order valence-electron chi connectivity index (χ3n) is 3.41. The van der Waals surface area contributed by atoms with Crippen molar-refractivity contribution in [1.82, 2.24) is 4.98 Å². The molecule has 1 saturated carbocycles. The van der Waals surface area contributed by atoms with E-state index in [1.165, 1.54) is 0 Å². The Morgan fingerprint density at radius 1 is 1.39 bits per heavy atom. The second-order valence-electron chi connectivity index (χ2n) is 5.12. The molecule has 98 valence electrons. The Hall–Kier alpha value is -1.62. The van der Waals surface area contributed by atoms with Gasteiger partial charge in [0.15, 0.2) is 0 Å². The third-order valence-corrected chi connectivity index (χ3v) is 3.41. The van der Waals surface area contributed by atoms with Crippen LogP contribution >= 0.6 is 0 Å². The van der Waals surface area contributed by atoms with Crippen LogP contribution < -0.4 is 16.0 Å². The predicted molar refractivity (Wildman–Crippen MR) is 72.6 cm³/mol. The largest absolute Gasteiger partial charge is 0.363 e. The van der Waals surface area contributed by atoms with Crippen molar-refractivity contribution in [3.63, 3.8) is 0 Å². The lowest BCUT2D eigenvalue weighted by Gasteiger charge is -2.22. The van der Waals surface area contributed by atoms with Gasteiger partial charge in [0, 0.05) is 14.1 Å². The van der Waals surface area contributed by atoms with Gasteiger partial charge in [-0.3, -0.25) is 4.79 Å². The molecule has 0 saturated heterocycles. The van der Waals surface area contributed by atoms with Crippen molar-refractivity contribution in [2.75, 3.05) is 24.3 Å². The smallest absolute Gasteiger partial charge is 0.244 e. The molecule has 1 aliphatic rings. The number of aromatic nitrogens is 1. The minimum Gasteiger partial charge on any atom is -0.363 e. The van der Waals surface area contributed by atoms with E-state index in [1.54, 1.807) is 6.20 Å². The van der Waals surface area contributed by atoms with Crippen LogP contribution in [0.2, 0.25) is 0 Å². The molecule has 0 bridgehead atoms. The lowest BCUT2D eigenvalue weighted by Crippen LogP contribution is -2.48. The zero-order chi connectivity index (χ0) is 13.2. The number of hydrogen-bond acceptors (Lipinski definition) is 4. The number of amides is 1. The van der Waals surface area contributed by atoms with E-state index in [0.717, 1.165) is 31.5 Å². The van der Waals surface area contributed by atoms with Crippen LogP contribution in [0.5, 0.6) is 0 Å². The molecule has 1 fully saturated rings. The summed E-state index contributed by atoms with van der Waals surface area (Å²) in [5, 5.41) is 2.85. The average Bonchev–Trinajstić information content (AvgIpc) is 2.78. The highest BCUT2D eigenvalue weighted by Crippen LogP contribution is 2.28. The number of nitrogens with two attached hydrogens (primary N) is 1. The van der Waals surface area contributed by atoms with E-state index in [-0.39, 0.29) is 5.91 Å². The summed E-state index contributed by atoms with van der Waals surface area (Å²) < 4.78 is 0. The van der Waals surface area contributed by atoms with Gasteiger partial charge in [-0.1, -0.05) is 12.8 Å². The van der Waals surface area contributed by atoms with Gasteiger partial charge in [0.2, 0.25) is 5.91 Å². The maximum Gasteiger partial charge on any atom is 0.244 e. The van der Waals surface area contributed by atoms with E-state index in [1.807, 2.05) is 31.1 Å². The Bertz CT molecular complexity index is 421. The fraction of sp³-hybridized carbons (Fsp3) is 0.538. The van der Waals surface area contributed by atoms with Gasteiger partial charge in [-0.25, -0.2) is 4.98 Å². The third kappa shape index (κ3) is 2.61. The van der Waals surface area contributed by atoms with Gasteiger partial charge in [-0.2, -0.15) is 0 Å². The summed E-state index contributed by atoms with van der Waals surface area (Å²) >= 11 is 0. The van der Waals surface area contributed by atoms with Gasteiger partial charge in [0.05, 0.1) is 17.4 Å². The fourth-order valence-corrected chi connectivity index (χ4v) is 2.21. The van der Waals surface area contributed by atoms with Crippen LogP contribution in [0.4, 0.5) is 11.5 Å². The molecule has 1 heterocycles. The second kappa shape index (κ2) is 4.94. The van der Waals surface area contributed by atoms with Crippen molar-refractivity contribution >= 4 is 17.4 Å². The van der Waals surface area contributed by atoms with Crippen molar-refractivity contribution in [2.24, 2.45) is 5.73 Å². The number of nitrogens with zero attached hydrogens (tertiary/aromatic N) is 2. The normalized spacial score (nSPS) is 17.5. The first kappa shape index (κ1) is 12.8. The molecule has 1 aromatic rings. The summed E-state index contributed by atoms with van der Waals surface area (Å²) in [6.07, 6.45) is 5.25. The van der Waals surface area contributed by atoms with Gasteiger partial charge in [-0.15, -0.1) is 0 Å². The average molecular weight is 248 g/mol. The first-order chi connectivity index (χ1) is 8.51. The Labute approximate surface area is 107 Å². The summed E-state index contributed by atoms with van der Waals surface area (Å²) in [4.78, 5) is 18.2. The van der Waals surface area contributed by atoms with Crippen LogP contribution in [-0.2, 0) is 4.79 Å². The van der Waals surface area contributed by atoms with Crippen LogP contribution in [-0.4, -0.2) is 30.5 Å². The molecule has 0 spiro atoms. The zero-order valence-electron chi connectivity index (χ0n) is 10.9. The van der Waals surface area contributed by atoms with Gasteiger partial charge >= 0.3 is 0 Å². The van der Waals surface area contributed by atoms with E-state index >= 15 is 0 Å². The lowest BCUT2D eigenvalue weighted by atomic mass is 9.98. The molecule has 0 aliphatic heterocycles. The lowest BCUT2D eigenvalue weighted by molar-refractivity contribution is -0.121. The molecule has 5 heteroatoms. The van der Waals surface area contributed by atoms with Crippen LogP contribution in [0.1, 0.15) is 25.7 Å². The zero-order valence-corrected chi connectivity index (χ0v) is 10.9. The van der Waals surface area contributed by atoms with Crippen LogP contribution in [0, 0.1) is 0 Å². The van der Waals surface area contributed by atoms with Crippen molar-refractivity contribution < 1.29 is 4.79 Å². The van der Waals surface area contributed by atoms with Crippen LogP contribution in [0.25, 0.3) is 0 Å². The first-order valence-corrected chi connectivity index (χ1v) is 6.25. The molecule has 0 unspecified atom stereocenters. The molecular weight excluding hydrogens is 228 g/mol. The molecule has 0 aromatic carbocycles. The molecule has 1 amide bonds. The standard InChI is InChI=1S/C13H20N4O/c1-17(2)11-6-5-10(9-15-11)16-12(18)13(14)7-3-4-8-13/h5-6,9H,3-4,7-8,14H2,1-2H3,(H,16,18). The number of hydrogen-bond donors (Lipinski definition) is 2. The van der Waals surface area contributed by atoms with Gasteiger partial charge in [0.25, 0.3) is 0 Å². The molecule has 0 atom stereocenters. The minimum absolute atomic E-state index is 0.0978. The molecule has 3 N–H and O–H groups in total. The molecule has 1 aliphatic carbocycles. The fourth-order valence-electron chi connectivity index (χ4n) is 2.21. The topological polar surface area (TPSA) is 71.2 Å². The predicted octanol–water partition coefficient (Wildman–Crippen LogP) is 1.36. The number of carbonyl (C=O) groups is 1. The number of rotatable bonds is 3. The Balaban J connectivity index is 2.03. The van der Waals surface area contributed by atoms with E-state index in [9.17, 15) is 4.79 Å². The van der Waals surface area contributed by atoms with E-state index < -0.39 is 5.54 Å². The number of anilines is 2. The maximum atomic E-state index is 12.1. The summed E-state index contributed by atoms with van der Waals surface area (Å²) in [5.74, 6) is 0.760. The highest BCUT2D eigenvalue weighted by Gasteiger charge is 2.36. The molecule has 1 aromatic heterocycles. The Morgan fingerprint density at radius 2 is 2.06 bits per heavy atom. The second-order valence-corrected chi connectivity index (χ2v) is 5.12. The summed E-state index contributed by atoms with van der Waals surface area (Å²) in [6, 6.07) is 3.71. The molecule has 0 radical (unpaired) electrons. The highest BCUT2D eigenvalue weighted by molar-refractivity contribution is 5.98. The van der Waals surface area contributed by atoms with Crippen molar-refractivity contribution in [3.8, 4) is 0 Å². The molecular formula is C13H20N4O. The van der Waals surface area contributed by atoms with Crippen molar-refractivity contribution in [2.45, 2.75) is 31.2 Å². The van der Waals surface area contributed by atoms with E-state index in [4.69, 9.17) is 5.73 Å². The van der Waals surface area contributed by atoms with E-state index in [2.05, 4.69) is 10.3 Å². The summed E-state index contributed by atoms with van der Waals surface area (Å²) in [5.41, 5.74) is 6.09. The molecule has 18 heavy (non-hydrogen) atoms. The number of nitrogens with one attached hydrogen (secondary N) is 1. The van der Waals surface area contributed by atoms with Crippen LogP contribution in [0.15, 0.2) is 18.3 Å². The van der Waals surface area contributed by atoms with Crippen molar-refractivity contribution in [3.05, 3.63) is 18.3 Å². The molecule has 5 nitrogen and oxygen atoms in total. The van der Waals surface area contributed by atoms with Gasteiger partial charge in [-0.05, 0) is 25.0 Å². The highest BCUT2D eigenvalue weighted by atomic mass is 16.2. The van der Waals surface area contributed by atoms with E-state index in [0.29, 0.717) is 5.69 Å². The summed E-state index contributed by atoms with van der Waals surface area (Å²) in [6.45, 7) is 0. The van der Waals surface area contributed by atoms with Gasteiger partial charge < -0.3 is 16.0 Å². The first-order valence-electron chi connectivity index (χ1n) is 6.25. The minimum atomic E-state index is -0.694. The number of carbonyl (C=O) groups excluding carboxylic acids is 1. The quantitative estimate of drug-likeness (QED) is 0.847. The summed E-state index contributed by atoms with van der Waals surface area (Å²) in [7, 11) is 3.85. The molecule has 2 rings (SSSR count).